The van der Waals surface area contributed by atoms with Crippen LogP contribution in [0.25, 0.3) is 0 Å². The van der Waals surface area contributed by atoms with E-state index in [9.17, 15) is 4.79 Å². The van der Waals surface area contributed by atoms with Gasteiger partial charge < -0.3 is 4.74 Å². The summed E-state index contributed by atoms with van der Waals surface area (Å²) in [4.78, 5) is 15.7. The van der Waals surface area contributed by atoms with E-state index in [1.165, 1.54) is 10.9 Å². The molecule has 0 bridgehead atoms. The highest BCUT2D eigenvalue weighted by Crippen LogP contribution is 2.13. The molecule has 0 aliphatic carbocycles. The topological polar surface area (TPSA) is 44.1 Å². The predicted octanol–water partition coefficient (Wildman–Crippen LogP) is 1.58. The van der Waals surface area contributed by atoms with Crippen molar-refractivity contribution in [2.75, 3.05) is 7.11 Å². The van der Waals surface area contributed by atoms with Crippen LogP contribution in [-0.2, 0) is 0 Å². The van der Waals surface area contributed by atoms with Crippen molar-refractivity contribution >= 4 is 5.91 Å². The largest absolute Gasteiger partial charge is 0.497 e. The first kappa shape index (κ1) is 9.45. The summed E-state index contributed by atoms with van der Waals surface area (Å²) in [5.74, 6) is 0.548. The van der Waals surface area contributed by atoms with Gasteiger partial charge in [-0.05, 0) is 18.2 Å². The Labute approximate surface area is 87.1 Å². The lowest BCUT2D eigenvalue weighted by Crippen LogP contribution is -2.09. The molecule has 0 N–H and O–H groups in total. The van der Waals surface area contributed by atoms with Gasteiger partial charge in [0.25, 0.3) is 5.91 Å². The standard InChI is InChI=1S/C11H10N2O2/c1-15-10-4-2-3-9(7-10)11(14)13-6-5-12-8-13/h2-8H,1H3. The number of methoxy groups -OCH3 is 1. The number of ether oxygens (including phenoxy) is 1. The summed E-state index contributed by atoms with van der Waals surface area (Å²) in [5, 5.41) is 0. The highest BCUT2D eigenvalue weighted by Gasteiger charge is 2.07. The van der Waals surface area contributed by atoms with Crippen molar-refractivity contribution in [2.45, 2.75) is 0 Å². The van der Waals surface area contributed by atoms with Crippen molar-refractivity contribution in [3.8, 4) is 5.75 Å². The highest BCUT2D eigenvalue weighted by molar-refractivity contribution is 5.96. The fraction of sp³-hybridized carbons (Fsp3) is 0.0909. The van der Waals surface area contributed by atoms with Crippen molar-refractivity contribution < 1.29 is 9.53 Å². The van der Waals surface area contributed by atoms with Gasteiger partial charge in [-0.2, -0.15) is 0 Å². The zero-order valence-corrected chi connectivity index (χ0v) is 8.25. The zero-order chi connectivity index (χ0) is 10.7. The summed E-state index contributed by atoms with van der Waals surface area (Å²) < 4.78 is 6.47. The van der Waals surface area contributed by atoms with E-state index in [1.54, 1.807) is 43.8 Å². The Morgan fingerprint density at radius 3 is 3.00 bits per heavy atom. The molecule has 0 saturated heterocycles. The fourth-order valence-corrected chi connectivity index (χ4v) is 1.28. The summed E-state index contributed by atoms with van der Waals surface area (Å²) in [5.41, 5.74) is 0.576. The van der Waals surface area contributed by atoms with Crippen molar-refractivity contribution in [2.24, 2.45) is 0 Å². The Balaban J connectivity index is 2.34. The Kier molecular flexibility index (Phi) is 2.49. The smallest absolute Gasteiger partial charge is 0.263 e. The van der Waals surface area contributed by atoms with Crippen molar-refractivity contribution in [1.29, 1.82) is 0 Å². The van der Waals surface area contributed by atoms with Crippen LogP contribution in [0.4, 0.5) is 0 Å². The molecule has 0 spiro atoms. The molecule has 1 heterocycles. The van der Waals surface area contributed by atoms with Gasteiger partial charge in [0.05, 0.1) is 7.11 Å². The van der Waals surface area contributed by atoms with Crippen LogP contribution in [0.15, 0.2) is 43.0 Å². The first-order chi connectivity index (χ1) is 7.31. The SMILES string of the molecule is COc1cccc(C(=O)n2ccnc2)c1. The van der Waals surface area contributed by atoms with Crippen molar-refractivity contribution in [3.05, 3.63) is 48.5 Å². The molecule has 4 nitrogen and oxygen atoms in total. The maximum Gasteiger partial charge on any atom is 0.263 e. The normalized spacial score (nSPS) is 9.93. The van der Waals surface area contributed by atoms with Crippen LogP contribution in [0.5, 0.6) is 5.75 Å². The molecule has 15 heavy (non-hydrogen) atoms. The molecule has 76 valence electrons. The third-order valence-electron chi connectivity index (χ3n) is 2.06. The second-order valence-electron chi connectivity index (χ2n) is 3.01. The average molecular weight is 202 g/mol. The van der Waals surface area contributed by atoms with Gasteiger partial charge in [0, 0.05) is 18.0 Å². The predicted molar refractivity (Wildman–Crippen MR) is 54.9 cm³/mol. The number of carbonyl (C=O) groups excluding carboxylic acids is 1. The molecule has 4 heteroatoms. The number of carbonyl (C=O) groups is 1. The molecule has 0 aliphatic heterocycles. The molecule has 0 amide bonds. The van der Waals surface area contributed by atoms with Gasteiger partial charge >= 0.3 is 0 Å². The molecule has 2 aromatic rings. The molecule has 2 rings (SSSR count). The van der Waals surface area contributed by atoms with E-state index in [0.717, 1.165) is 0 Å². The number of hydrogen-bond donors (Lipinski definition) is 0. The van der Waals surface area contributed by atoms with Gasteiger partial charge in [-0.3, -0.25) is 9.36 Å². The Bertz CT molecular complexity index is 463. The van der Waals surface area contributed by atoms with Crippen LogP contribution in [0.2, 0.25) is 0 Å². The molecule has 0 fully saturated rings. The Morgan fingerprint density at radius 1 is 1.47 bits per heavy atom. The maximum absolute atomic E-state index is 11.8. The van der Waals surface area contributed by atoms with Crippen molar-refractivity contribution in [3.63, 3.8) is 0 Å². The highest BCUT2D eigenvalue weighted by atomic mass is 16.5. The lowest BCUT2D eigenvalue weighted by molar-refractivity contribution is 0.0959. The van der Waals surface area contributed by atoms with Gasteiger partial charge in [0.1, 0.15) is 12.1 Å². The molecule has 0 saturated carbocycles. The number of hydrogen-bond acceptors (Lipinski definition) is 3. The van der Waals surface area contributed by atoms with Gasteiger partial charge in [-0.1, -0.05) is 6.07 Å². The minimum atomic E-state index is -0.119. The van der Waals surface area contributed by atoms with Crippen LogP contribution < -0.4 is 4.74 Å². The summed E-state index contributed by atoms with van der Waals surface area (Å²) in [6, 6.07) is 7.01. The molecule has 0 radical (unpaired) electrons. The number of rotatable bonds is 2. The molecular formula is C11H10N2O2. The van der Waals surface area contributed by atoms with Crippen LogP contribution >= 0.6 is 0 Å². The zero-order valence-electron chi connectivity index (χ0n) is 8.25. The quantitative estimate of drug-likeness (QED) is 0.742. The molecule has 0 unspecified atom stereocenters. The average Bonchev–Trinajstić information content (AvgIpc) is 2.81. The van der Waals surface area contributed by atoms with Crippen LogP contribution in [0, 0.1) is 0 Å². The van der Waals surface area contributed by atoms with Crippen molar-refractivity contribution in [1.82, 2.24) is 9.55 Å². The number of nitrogens with zero attached hydrogens (tertiary/aromatic N) is 2. The van der Waals surface area contributed by atoms with E-state index in [1.807, 2.05) is 0 Å². The van der Waals surface area contributed by atoms with Crippen LogP contribution in [-0.4, -0.2) is 22.6 Å². The van der Waals surface area contributed by atoms with Gasteiger partial charge in [-0.25, -0.2) is 4.98 Å². The summed E-state index contributed by atoms with van der Waals surface area (Å²) in [6.45, 7) is 0. The van der Waals surface area contributed by atoms with Crippen LogP contribution in [0.3, 0.4) is 0 Å². The van der Waals surface area contributed by atoms with E-state index in [-0.39, 0.29) is 5.91 Å². The molecule has 1 aromatic heterocycles. The fourth-order valence-electron chi connectivity index (χ4n) is 1.28. The van der Waals surface area contributed by atoms with Gasteiger partial charge in [0.15, 0.2) is 0 Å². The minimum Gasteiger partial charge on any atom is -0.497 e. The Hall–Kier alpha value is -2.10. The second-order valence-corrected chi connectivity index (χ2v) is 3.01. The van der Waals surface area contributed by atoms with E-state index < -0.39 is 0 Å². The monoisotopic (exact) mass is 202 g/mol. The summed E-state index contributed by atoms with van der Waals surface area (Å²) in [7, 11) is 1.57. The number of imidazole rings is 1. The number of benzene rings is 1. The third-order valence-corrected chi connectivity index (χ3v) is 2.06. The van der Waals surface area contributed by atoms with E-state index in [4.69, 9.17) is 4.74 Å². The summed E-state index contributed by atoms with van der Waals surface area (Å²) in [6.07, 6.45) is 4.65. The lowest BCUT2D eigenvalue weighted by atomic mass is 10.2. The van der Waals surface area contributed by atoms with E-state index >= 15 is 0 Å². The van der Waals surface area contributed by atoms with Crippen LogP contribution in [0.1, 0.15) is 10.4 Å². The molecule has 1 aromatic carbocycles. The lowest BCUT2D eigenvalue weighted by Gasteiger charge is -2.03. The maximum atomic E-state index is 11.8. The van der Waals surface area contributed by atoms with Gasteiger partial charge in [0.2, 0.25) is 0 Å². The second kappa shape index (κ2) is 3.96. The Morgan fingerprint density at radius 2 is 2.33 bits per heavy atom. The minimum absolute atomic E-state index is 0.119. The van der Waals surface area contributed by atoms with E-state index in [2.05, 4.69) is 4.98 Å². The number of aromatic nitrogens is 2. The molecule has 0 aliphatic rings. The molecular weight excluding hydrogens is 192 g/mol. The first-order valence-electron chi connectivity index (χ1n) is 4.48. The summed E-state index contributed by atoms with van der Waals surface area (Å²) >= 11 is 0. The van der Waals surface area contributed by atoms with E-state index in [0.29, 0.717) is 11.3 Å². The third kappa shape index (κ3) is 1.88. The molecule has 0 atom stereocenters. The van der Waals surface area contributed by atoms with Gasteiger partial charge in [-0.15, -0.1) is 0 Å². The first-order valence-corrected chi connectivity index (χ1v) is 4.48.